The van der Waals surface area contributed by atoms with Gasteiger partial charge in [-0.2, -0.15) is 5.11 Å². The number of nitrogens with one attached hydrogen (secondary N) is 1. The Labute approximate surface area is 187 Å². The zero-order chi connectivity index (χ0) is 22.3. The summed E-state index contributed by atoms with van der Waals surface area (Å²) in [5.74, 6) is -0.532. The molecule has 4 aromatic rings. The summed E-state index contributed by atoms with van der Waals surface area (Å²) < 4.78 is 4.56. The molecule has 0 saturated carbocycles. The van der Waals surface area contributed by atoms with Crippen LogP contribution in [0.15, 0.2) is 100 Å². The van der Waals surface area contributed by atoms with Gasteiger partial charge in [0.15, 0.2) is 5.75 Å². The Hall–Kier alpha value is -3.76. The van der Waals surface area contributed by atoms with Gasteiger partial charge < -0.3 is 10.4 Å². The van der Waals surface area contributed by atoms with Crippen molar-refractivity contribution < 1.29 is 24.5 Å². The Balaban J connectivity index is 1.80. The van der Waals surface area contributed by atoms with E-state index in [4.69, 9.17) is 5.26 Å². The number of rotatable bonds is 7. The maximum atomic E-state index is 12.7. The summed E-state index contributed by atoms with van der Waals surface area (Å²) in [7, 11) is 0. The average Bonchev–Trinajstić information content (AvgIpc) is 2.83. The Kier molecular flexibility index (Phi) is 6.73. The van der Waals surface area contributed by atoms with E-state index >= 15 is 0 Å². The van der Waals surface area contributed by atoms with Crippen molar-refractivity contribution in [3.63, 3.8) is 0 Å². The number of fused-ring (bicyclic) bond motifs is 1. The number of aromatic hydroxyl groups is 1. The van der Waals surface area contributed by atoms with Crippen LogP contribution in [-0.4, -0.2) is 16.3 Å². The summed E-state index contributed by atoms with van der Waals surface area (Å²) in [6.45, 7) is 0. The molecule has 0 aliphatic rings. The second-order valence-corrected chi connectivity index (χ2v) is 7.30. The Morgan fingerprint density at radius 1 is 0.906 bits per heavy atom. The highest BCUT2D eigenvalue weighted by atomic mass is 32.2. The van der Waals surface area contributed by atoms with Crippen LogP contribution in [0.25, 0.3) is 10.8 Å². The zero-order valence-corrected chi connectivity index (χ0v) is 17.3. The quantitative estimate of drug-likeness (QED) is 0.127. The van der Waals surface area contributed by atoms with Gasteiger partial charge in [-0.15, -0.1) is 9.45 Å². The predicted octanol–water partition coefficient (Wildman–Crippen LogP) is 6.64. The fourth-order valence-corrected chi connectivity index (χ4v) is 3.60. The van der Waals surface area contributed by atoms with Crippen LogP contribution in [0, 0.1) is 0 Å². The van der Waals surface area contributed by atoms with E-state index in [0.717, 1.165) is 0 Å². The van der Waals surface area contributed by atoms with Crippen molar-refractivity contribution in [2.24, 2.45) is 10.2 Å². The normalized spacial score (nSPS) is 11.2. The number of carbonyl (C=O) groups excluding carboxylic acids is 1. The molecule has 3 N–H and O–H groups in total. The minimum atomic E-state index is -0.319. The summed E-state index contributed by atoms with van der Waals surface area (Å²) in [6.07, 6.45) is 0. The second-order valence-electron chi connectivity index (χ2n) is 6.56. The van der Waals surface area contributed by atoms with E-state index in [1.165, 1.54) is 0 Å². The topological polar surface area (TPSA) is 113 Å². The van der Waals surface area contributed by atoms with Crippen LogP contribution in [0.5, 0.6) is 5.75 Å². The average molecular weight is 447 g/mol. The number of phenols is 1. The number of benzene rings is 4. The number of phenolic OH excluding ortho intramolecular Hbond substituents is 1. The molecular weight excluding hydrogens is 430 g/mol. The number of hydrogen-bond donors (Lipinski definition) is 3. The van der Waals surface area contributed by atoms with E-state index < -0.39 is 0 Å². The lowest BCUT2D eigenvalue weighted by molar-refractivity contribution is -0.432. The SMILES string of the molecule is O=C(Nc1cccc2cc(SOOO)c(N=Nc3ccccc3)c(O)c12)c1ccccc1. The molecule has 1 amide bonds. The molecule has 0 aromatic heterocycles. The van der Waals surface area contributed by atoms with Crippen LogP contribution >= 0.6 is 12.0 Å². The highest BCUT2D eigenvalue weighted by Crippen LogP contribution is 2.46. The molecule has 4 rings (SSSR count). The third-order valence-corrected chi connectivity index (χ3v) is 5.16. The highest BCUT2D eigenvalue weighted by molar-refractivity contribution is 7.94. The summed E-state index contributed by atoms with van der Waals surface area (Å²) in [6, 6.07) is 24.6. The first kappa shape index (κ1) is 21.5. The monoisotopic (exact) mass is 447 g/mol. The molecule has 0 fully saturated rings. The molecule has 160 valence electrons. The second kappa shape index (κ2) is 10.0. The molecule has 0 bridgehead atoms. The number of carbonyl (C=O) groups is 1. The first-order valence-electron chi connectivity index (χ1n) is 9.44. The molecule has 0 spiro atoms. The van der Waals surface area contributed by atoms with Crippen molar-refractivity contribution in [3.8, 4) is 5.75 Å². The Morgan fingerprint density at radius 2 is 1.62 bits per heavy atom. The van der Waals surface area contributed by atoms with Crippen molar-refractivity contribution in [2.75, 3.05) is 5.32 Å². The van der Waals surface area contributed by atoms with Crippen LogP contribution in [0.3, 0.4) is 0 Å². The third kappa shape index (κ3) is 4.76. The van der Waals surface area contributed by atoms with Crippen molar-refractivity contribution >= 4 is 45.8 Å². The van der Waals surface area contributed by atoms with Gasteiger partial charge in [0.2, 0.25) is 0 Å². The van der Waals surface area contributed by atoms with Crippen molar-refractivity contribution in [2.45, 2.75) is 4.90 Å². The molecule has 4 aromatic carbocycles. The van der Waals surface area contributed by atoms with Crippen LogP contribution in [-0.2, 0) is 9.37 Å². The summed E-state index contributed by atoms with van der Waals surface area (Å²) in [4.78, 5) is 13.0. The lowest BCUT2D eigenvalue weighted by Gasteiger charge is -2.13. The van der Waals surface area contributed by atoms with E-state index in [1.54, 1.807) is 60.7 Å². The molecule has 9 heteroatoms. The minimum Gasteiger partial charge on any atom is -0.505 e. The van der Waals surface area contributed by atoms with Crippen LogP contribution in [0.2, 0.25) is 0 Å². The predicted molar refractivity (Wildman–Crippen MR) is 121 cm³/mol. The number of anilines is 1. The fraction of sp³-hybridized carbons (Fsp3) is 0. The van der Waals surface area contributed by atoms with E-state index in [1.807, 2.05) is 24.3 Å². The summed E-state index contributed by atoms with van der Waals surface area (Å²) in [5, 5.41) is 35.5. The maximum Gasteiger partial charge on any atom is 0.255 e. The van der Waals surface area contributed by atoms with Gasteiger partial charge in [0.1, 0.15) is 5.69 Å². The molecule has 32 heavy (non-hydrogen) atoms. The van der Waals surface area contributed by atoms with Gasteiger partial charge in [0.25, 0.3) is 5.91 Å². The standard InChI is InChI=1S/C23H17N3O5S/c27-22-20-16(10-7-13-18(20)24-23(28)15-8-3-1-4-9-15)14-19(32-31-30-29)21(22)26-25-17-11-5-2-6-12-17/h1-14,27,29H,(H,24,28). The van der Waals surface area contributed by atoms with Crippen molar-refractivity contribution in [1.29, 1.82) is 0 Å². The van der Waals surface area contributed by atoms with Crippen molar-refractivity contribution in [1.82, 2.24) is 0 Å². The Morgan fingerprint density at radius 3 is 2.34 bits per heavy atom. The van der Waals surface area contributed by atoms with Crippen LogP contribution in [0.1, 0.15) is 10.4 Å². The first-order valence-corrected chi connectivity index (χ1v) is 10.2. The molecule has 8 nitrogen and oxygen atoms in total. The minimum absolute atomic E-state index is 0.0878. The van der Waals surface area contributed by atoms with E-state index in [9.17, 15) is 9.90 Å². The molecule has 0 atom stereocenters. The Bertz CT molecular complexity index is 1270. The molecular formula is C23H17N3O5S. The molecule has 0 unspecified atom stereocenters. The van der Waals surface area contributed by atoms with Gasteiger partial charge in [-0.3, -0.25) is 4.79 Å². The van der Waals surface area contributed by atoms with Gasteiger partial charge in [-0.1, -0.05) is 53.6 Å². The summed E-state index contributed by atoms with van der Waals surface area (Å²) >= 11 is 0.654. The lowest BCUT2D eigenvalue weighted by atomic mass is 10.1. The number of nitrogens with zero attached hydrogens (tertiary/aromatic N) is 2. The van der Waals surface area contributed by atoms with Gasteiger partial charge in [0, 0.05) is 10.9 Å². The maximum absolute atomic E-state index is 12.7. The largest absolute Gasteiger partial charge is 0.505 e. The van der Waals surface area contributed by atoms with Crippen LogP contribution < -0.4 is 5.32 Å². The third-order valence-electron chi connectivity index (χ3n) is 4.54. The van der Waals surface area contributed by atoms with E-state index in [0.29, 0.717) is 44.6 Å². The molecule has 0 saturated heterocycles. The van der Waals surface area contributed by atoms with E-state index in [2.05, 4.69) is 24.9 Å². The molecule has 0 heterocycles. The molecule has 0 aliphatic heterocycles. The van der Waals surface area contributed by atoms with Gasteiger partial charge in [0.05, 0.1) is 28.3 Å². The van der Waals surface area contributed by atoms with Gasteiger partial charge >= 0.3 is 0 Å². The van der Waals surface area contributed by atoms with Crippen LogP contribution in [0.4, 0.5) is 17.1 Å². The number of azo groups is 1. The first-order chi connectivity index (χ1) is 15.7. The van der Waals surface area contributed by atoms with Gasteiger partial charge in [-0.25, -0.2) is 5.26 Å². The van der Waals surface area contributed by atoms with Crippen molar-refractivity contribution in [3.05, 3.63) is 90.5 Å². The smallest absolute Gasteiger partial charge is 0.255 e. The lowest BCUT2D eigenvalue weighted by Crippen LogP contribution is -2.11. The van der Waals surface area contributed by atoms with E-state index in [-0.39, 0.29) is 17.3 Å². The molecule has 0 aliphatic carbocycles. The molecule has 0 radical (unpaired) electrons. The summed E-state index contributed by atoms with van der Waals surface area (Å²) in [5.41, 5.74) is 1.55. The number of hydrogen-bond acceptors (Lipinski definition) is 8. The zero-order valence-electron chi connectivity index (χ0n) is 16.5. The van der Waals surface area contributed by atoms with Gasteiger partial charge in [-0.05, 0) is 41.8 Å². The number of amides is 1. The fourth-order valence-electron chi connectivity index (χ4n) is 3.10. The highest BCUT2D eigenvalue weighted by Gasteiger charge is 2.18.